The molecule has 0 saturated carbocycles. The summed E-state index contributed by atoms with van der Waals surface area (Å²) in [7, 11) is -2.50. The van der Waals surface area contributed by atoms with Crippen LogP contribution in [0.2, 0.25) is 5.02 Å². The fraction of sp³-hybridized carbons (Fsp3) is 0.333. The van der Waals surface area contributed by atoms with Crippen LogP contribution in [0.4, 0.5) is 0 Å². The van der Waals surface area contributed by atoms with Crippen LogP contribution in [0.3, 0.4) is 0 Å². The summed E-state index contributed by atoms with van der Waals surface area (Å²) in [5.41, 5.74) is 3.63. The minimum Gasteiger partial charge on any atom is -0.467 e. The summed E-state index contributed by atoms with van der Waals surface area (Å²) < 4.78 is 31.4. The monoisotopic (exact) mass is 434 g/mol. The summed E-state index contributed by atoms with van der Waals surface area (Å²) >= 11 is 5.92. The standard InChI is InChI=1S/C21H23ClN2O4S/c1-15-3-12-20(21(25)28-2)24(23-15)29(26,27)14-13-16-4-6-17(7-5-16)18-8-10-19(22)11-9-18/h4-11,20H,3,12-14H2,1-2H3. The molecule has 1 heterocycles. The van der Waals surface area contributed by atoms with Gasteiger partial charge in [0.2, 0.25) is 0 Å². The Labute approximate surface area is 176 Å². The van der Waals surface area contributed by atoms with E-state index in [9.17, 15) is 13.2 Å². The minimum atomic E-state index is -3.76. The average molecular weight is 435 g/mol. The van der Waals surface area contributed by atoms with Crippen molar-refractivity contribution in [2.24, 2.45) is 5.10 Å². The lowest BCUT2D eigenvalue weighted by atomic mass is 10.0. The largest absolute Gasteiger partial charge is 0.467 e. The number of sulfonamides is 1. The molecule has 0 amide bonds. The van der Waals surface area contributed by atoms with Crippen molar-refractivity contribution in [1.82, 2.24) is 4.41 Å². The van der Waals surface area contributed by atoms with E-state index in [1.165, 1.54) is 7.11 Å². The Morgan fingerprint density at radius 2 is 1.72 bits per heavy atom. The summed E-state index contributed by atoms with van der Waals surface area (Å²) in [6, 6.07) is 14.3. The Hall–Kier alpha value is -2.38. The first-order valence-electron chi connectivity index (χ1n) is 9.29. The van der Waals surface area contributed by atoms with Gasteiger partial charge in [-0.3, -0.25) is 0 Å². The molecule has 154 valence electrons. The van der Waals surface area contributed by atoms with Crippen molar-refractivity contribution in [2.75, 3.05) is 12.9 Å². The highest BCUT2D eigenvalue weighted by Gasteiger charge is 2.36. The van der Waals surface area contributed by atoms with Crippen LogP contribution in [0, 0.1) is 0 Å². The van der Waals surface area contributed by atoms with E-state index in [2.05, 4.69) is 5.10 Å². The maximum atomic E-state index is 12.9. The summed E-state index contributed by atoms with van der Waals surface area (Å²) in [4.78, 5) is 12.0. The van der Waals surface area contributed by atoms with Gasteiger partial charge < -0.3 is 4.74 Å². The van der Waals surface area contributed by atoms with Gasteiger partial charge in [-0.15, -0.1) is 0 Å². The van der Waals surface area contributed by atoms with E-state index < -0.39 is 22.0 Å². The van der Waals surface area contributed by atoms with Crippen LogP contribution in [0.5, 0.6) is 0 Å². The van der Waals surface area contributed by atoms with Crippen LogP contribution in [0.15, 0.2) is 53.6 Å². The highest BCUT2D eigenvalue weighted by atomic mass is 35.5. The first-order chi connectivity index (χ1) is 13.8. The summed E-state index contributed by atoms with van der Waals surface area (Å²) in [5, 5.41) is 4.81. The molecule has 1 aliphatic heterocycles. The fourth-order valence-corrected chi connectivity index (χ4v) is 4.84. The Balaban J connectivity index is 1.71. The molecule has 6 nitrogen and oxygen atoms in total. The number of ether oxygens (including phenoxy) is 1. The quantitative estimate of drug-likeness (QED) is 0.646. The predicted molar refractivity (Wildman–Crippen MR) is 114 cm³/mol. The number of hydrogen-bond acceptors (Lipinski definition) is 5. The zero-order valence-corrected chi connectivity index (χ0v) is 17.9. The maximum Gasteiger partial charge on any atom is 0.331 e. The van der Waals surface area contributed by atoms with E-state index in [1.54, 1.807) is 6.92 Å². The fourth-order valence-electron chi connectivity index (χ4n) is 3.19. The van der Waals surface area contributed by atoms with Crippen LogP contribution in [0.1, 0.15) is 25.3 Å². The van der Waals surface area contributed by atoms with Crippen LogP contribution in [-0.2, 0) is 26.0 Å². The third-order valence-corrected chi connectivity index (χ3v) is 6.73. The average Bonchev–Trinajstić information content (AvgIpc) is 2.73. The van der Waals surface area contributed by atoms with Crippen molar-refractivity contribution in [3.8, 4) is 11.1 Å². The van der Waals surface area contributed by atoms with E-state index in [-0.39, 0.29) is 5.75 Å². The van der Waals surface area contributed by atoms with Gasteiger partial charge in [-0.05, 0) is 55.0 Å². The molecule has 0 saturated heterocycles. The second-order valence-electron chi connectivity index (χ2n) is 6.96. The normalized spacial score (nSPS) is 17.0. The lowest BCUT2D eigenvalue weighted by molar-refractivity contribution is -0.145. The third-order valence-electron chi connectivity index (χ3n) is 4.85. The number of nitrogens with zero attached hydrogens (tertiary/aromatic N) is 2. The molecule has 0 bridgehead atoms. The molecule has 0 aromatic heterocycles. The molecule has 8 heteroatoms. The van der Waals surface area contributed by atoms with E-state index >= 15 is 0 Å². The zero-order valence-electron chi connectivity index (χ0n) is 16.3. The number of carbonyl (C=O) groups is 1. The van der Waals surface area contributed by atoms with Gasteiger partial charge in [0.1, 0.15) is 0 Å². The second kappa shape index (κ2) is 8.97. The molecule has 2 aromatic carbocycles. The first-order valence-corrected chi connectivity index (χ1v) is 11.3. The Morgan fingerprint density at radius 3 is 2.31 bits per heavy atom. The first kappa shape index (κ1) is 21.3. The van der Waals surface area contributed by atoms with Gasteiger partial charge in [-0.2, -0.15) is 9.52 Å². The molecular formula is C21H23ClN2O4S. The number of benzene rings is 2. The Kier molecular flexibility index (Phi) is 6.59. The molecule has 1 unspecified atom stereocenters. The van der Waals surface area contributed by atoms with Gasteiger partial charge in [0.15, 0.2) is 6.04 Å². The van der Waals surface area contributed by atoms with Crippen molar-refractivity contribution in [3.63, 3.8) is 0 Å². The molecule has 3 rings (SSSR count). The molecule has 2 aromatic rings. The van der Waals surface area contributed by atoms with Gasteiger partial charge in [-0.25, -0.2) is 13.2 Å². The molecule has 1 atom stereocenters. The second-order valence-corrected chi connectivity index (χ2v) is 9.34. The highest BCUT2D eigenvalue weighted by molar-refractivity contribution is 7.89. The molecular weight excluding hydrogens is 412 g/mol. The van der Waals surface area contributed by atoms with Crippen molar-refractivity contribution in [2.45, 2.75) is 32.2 Å². The van der Waals surface area contributed by atoms with Gasteiger partial charge in [0.05, 0.1) is 12.9 Å². The Morgan fingerprint density at radius 1 is 1.14 bits per heavy atom. The minimum absolute atomic E-state index is 0.141. The number of methoxy groups -OCH3 is 1. The molecule has 0 radical (unpaired) electrons. The van der Waals surface area contributed by atoms with Crippen LogP contribution in [-0.4, -0.2) is 43.4 Å². The number of hydrogen-bond donors (Lipinski definition) is 0. The van der Waals surface area contributed by atoms with E-state index in [1.807, 2.05) is 48.5 Å². The van der Waals surface area contributed by atoms with E-state index in [0.29, 0.717) is 30.0 Å². The lowest BCUT2D eigenvalue weighted by Gasteiger charge is -2.30. The molecule has 29 heavy (non-hydrogen) atoms. The Bertz CT molecular complexity index is 1000. The molecule has 1 aliphatic rings. The number of carbonyl (C=O) groups excluding carboxylic acids is 1. The third kappa shape index (κ3) is 5.16. The van der Waals surface area contributed by atoms with Crippen molar-refractivity contribution < 1.29 is 17.9 Å². The summed E-state index contributed by atoms with van der Waals surface area (Å²) in [5.74, 6) is -0.727. The van der Waals surface area contributed by atoms with Crippen LogP contribution >= 0.6 is 11.6 Å². The van der Waals surface area contributed by atoms with Crippen LogP contribution in [0.25, 0.3) is 11.1 Å². The predicted octanol–water partition coefficient (Wildman–Crippen LogP) is 3.89. The zero-order chi connectivity index (χ0) is 21.0. The van der Waals surface area contributed by atoms with Gasteiger partial charge in [0, 0.05) is 10.7 Å². The van der Waals surface area contributed by atoms with Crippen molar-refractivity contribution >= 4 is 33.3 Å². The van der Waals surface area contributed by atoms with Gasteiger partial charge >= 0.3 is 5.97 Å². The molecule has 0 fully saturated rings. The van der Waals surface area contributed by atoms with Gasteiger partial charge in [0.25, 0.3) is 10.0 Å². The highest BCUT2D eigenvalue weighted by Crippen LogP contribution is 2.24. The van der Waals surface area contributed by atoms with E-state index in [0.717, 1.165) is 21.1 Å². The summed E-state index contributed by atoms with van der Waals surface area (Å²) in [6.07, 6.45) is 1.26. The topological polar surface area (TPSA) is 76.0 Å². The molecule has 0 aliphatic carbocycles. The van der Waals surface area contributed by atoms with Gasteiger partial charge in [-0.1, -0.05) is 48.0 Å². The van der Waals surface area contributed by atoms with Crippen molar-refractivity contribution in [1.29, 1.82) is 0 Å². The lowest BCUT2D eigenvalue weighted by Crippen LogP contribution is -2.46. The number of aryl methyl sites for hydroxylation is 1. The SMILES string of the molecule is COC(=O)C1CCC(C)=NN1S(=O)(=O)CCc1ccc(-c2ccc(Cl)cc2)cc1. The maximum absolute atomic E-state index is 12.9. The number of hydrazone groups is 1. The van der Waals surface area contributed by atoms with Crippen molar-refractivity contribution in [3.05, 3.63) is 59.1 Å². The number of rotatable bonds is 6. The summed E-state index contributed by atoms with van der Waals surface area (Å²) in [6.45, 7) is 1.76. The van der Waals surface area contributed by atoms with E-state index in [4.69, 9.17) is 16.3 Å². The number of esters is 1. The van der Waals surface area contributed by atoms with Crippen LogP contribution < -0.4 is 0 Å². The number of halogens is 1. The molecule has 0 spiro atoms. The molecule has 0 N–H and O–H groups in total. The smallest absolute Gasteiger partial charge is 0.331 e.